The van der Waals surface area contributed by atoms with E-state index in [0.29, 0.717) is 6.61 Å². The van der Waals surface area contributed by atoms with Gasteiger partial charge in [-0.3, -0.25) is 4.90 Å². The zero-order chi connectivity index (χ0) is 15.7. The average Bonchev–Trinajstić information content (AvgIpc) is 2.45. The summed E-state index contributed by atoms with van der Waals surface area (Å²) in [5.41, 5.74) is 2.68. The lowest BCUT2D eigenvalue weighted by Crippen LogP contribution is -2.63. The van der Waals surface area contributed by atoms with Gasteiger partial charge in [0, 0.05) is 11.1 Å². The van der Waals surface area contributed by atoms with Crippen LogP contribution in [0.15, 0.2) is 30.8 Å². The molecule has 1 saturated heterocycles. The highest BCUT2D eigenvalue weighted by atomic mass is 16.5. The molecule has 1 aromatic carbocycles. The van der Waals surface area contributed by atoms with Gasteiger partial charge in [0.15, 0.2) is 0 Å². The summed E-state index contributed by atoms with van der Waals surface area (Å²) >= 11 is 0. The van der Waals surface area contributed by atoms with E-state index in [1.54, 1.807) is 0 Å². The summed E-state index contributed by atoms with van der Waals surface area (Å²) in [4.78, 5) is 2.47. The van der Waals surface area contributed by atoms with Crippen molar-refractivity contribution in [1.29, 1.82) is 0 Å². The lowest BCUT2D eigenvalue weighted by molar-refractivity contribution is -0.124. The molecule has 1 aliphatic rings. The third-order valence-electron chi connectivity index (χ3n) is 5.25. The van der Waals surface area contributed by atoms with Gasteiger partial charge in [-0.2, -0.15) is 0 Å². The highest BCUT2D eigenvalue weighted by Crippen LogP contribution is 2.38. The van der Waals surface area contributed by atoms with E-state index in [1.165, 1.54) is 12.0 Å². The molecule has 1 aliphatic heterocycles. The second-order valence-corrected chi connectivity index (χ2v) is 7.31. The van der Waals surface area contributed by atoms with Crippen LogP contribution in [0.3, 0.4) is 0 Å². The van der Waals surface area contributed by atoms with Gasteiger partial charge >= 0.3 is 0 Å². The summed E-state index contributed by atoms with van der Waals surface area (Å²) in [5, 5.41) is 0. The van der Waals surface area contributed by atoms with Crippen LogP contribution in [0.25, 0.3) is 6.08 Å². The monoisotopic (exact) mass is 287 g/mol. The maximum atomic E-state index is 6.25. The van der Waals surface area contributed by atoms with E-state index in [1.807, 2.05) is 6.08 Å². The predicted octanol–water partition coefficient (Wildman–Crippen LogP) is 4.50. The Bertz CT molecular complexity index is 487. The molecule has 0 aromatic heterocycles. The molecule has 0 spiro atoms. The van der Waals surface area contributed by atoms with E-state index in [2.05, 4.69) is 70.5 Å². The first kappa shape index (κ1) is 16.3. The summed E-state index contributed by atoms with van der Waals surface area (Å²) < 4.78 is 6.25. The van der Waals surface area contributed by atoms with Crippen LogP contribution >= 0.6 is 0 Å². The van der Waals surface area contributed by atoms with Crippen LogP contribution in [0.4, 0.5) is 0 Å². The van der Waals surface area contributed by atoms with E-state index in [-0.39, 0.29) is 17.2 Å². The fourth-order valence-corrected chi connectivity index (χ4v) is 3.24. The molecule has 2 heteroatoms. The van der Waals surface area contributed by atoms with Crippen molar-refractivity contribution >= 4 is 6.08 Å². The van der Waals surface area contributed by atoms with E-state index in [4.69, 9.17) is 4.74 Å². The molecule has 2 rings (SSSR count). The molecule has 116 valence electrons. The number of likely N-dealkylation sites (tertiary alicyclic amines) is 1. The Hall–Kier alpha value is -1.12. The van der Waals surface area contributed by atoms with E-state index in [0.717, 1.165) is 12.0 Å². The van der Waals surface area contributed by atoms with Crippen LogP contribution in [0.2, 0.25) is 0 Å². The van der Waals surface area contributed by atoms with Crippen LogP contribution < -0.4 is 0 Å². The van der Waals surface area contributed by atoms with E-state index in [9.17, 15) is 0 Å². The molecule has 1 unspecified atom stereocenters. The fraction of sp³-hybridized carbons (Fsp3) is 0.579. The smallest absolute Gasteiger partial charge is 0.0758 e. The van der Waals surface area contributed by atoms with E-state index >= 15 is 0 Å². The third-order valence-corrected chi connectivity index (χ3v) is 5.25. The van der Waals surface area contributed by atoms with Crippen molar-refractivity contribution in [3.05, 3.63) is 42.0 Å². The average molecular weight is 287 g/mol. The maximum Gasteiger partial charge on any atom is 0.0758 e. The molecular weight excluding hydrogens is 258 g/mol. The third kappa shape index (κ3) is 3.38. The molecule has 0 saturated carbocycles. The number of benzene rings is 1. The molecule has 0 bridgehead atoms. The van der Waals surface area contributed by atoms with Crippen molar-refractivity contribution in [1.82, 2.24) is 4.90 Å². The molecule has 1 heterocycles. The van der Waals surface area contributed by atoms with Gasteiger partial charge in [0.25, 0.3) is 0 Å². The molecule has 0 radical (unpaired) electrons. The molecule has 0 aliphatic carbocycles. The first-order chi connectivity index (χ1) is 9.77. The molecule has 21 heavy (non-hydrogen) atoms. The minimum atomic E-state index is 0.0583. The molecular formula is C19H29NO. The van der Waals surface area contributed by atoms with Gasteiger partial charge in [0.2, 0.25) is 0 Å². The van der Waals surface area contributed by atoms with Gasteiger partial charge in [0.1, 0.15) is 0 Å². The summed E-state index contributed by atoms with van der Waals surface area (Å²) in [6, 6.07) is 8.43. The first-order valence-corrected chi connectivity index (χ1v) is 7.84. The standard InChI is InChI=1S/C19H29NO/c1-7-15-8-10-16(11-9-15)14-21-17-12-13-18(2,3)20(6)19(17,4)5/h7-11,17H,1,12-14H2,2-6H3. The van der Waals surface area contributed by atoms with Crippen LogP contribution in [0, 0.1) is 0 Å². The van der Waals surface area contributed by atoms with Crippen LogP contribution in [0.1, 0.15) is 51.7 Å². The molecule has 0 N–H and O–H groups in total. The van der Waals surface area contributed by atoms with Gasteiger partial charge < -0.3 is 4.74 Å². The molecule has 1 atom stereocenters. The van der Waals surface area contributed by atoms with Crippen LogP contribution in [0.5, 0.6) is 0 Å². The quantitative estimate of drug-likeness (QED) is 0.808. The van der Waals surface area contributed by atoms with Gasteiger partial charge in [-0.05, 0) is 58.7 Å². The minimum absolute atomic E-state index is 0.0583. The summed E-state index contributed by atoms with van der Waals surface area (Å²) in [6.07, 6.45) is 4.43. The van der Waals surface area contributed by atoms with Gasteiger partial charge in [-0.15, -0.1) is 0 Å². The highest BCUT2D eigenvalue weighted by Gasteiger charge is 2.45. The number of rotatable bonds is 4. The largest absolute Gasteiger partial charge is 0.372 e. The highest BCUT2D eigenvalue weighted by molar-refractivity contribution is 5.47. The summed E-state index contributed by atoms with van der Waals surface area (Å²) in [5.74, 6) is 0. The normalized spacial score (nSPS) is 24.7. The fourth-order valence-electron chi connectivity index (χ4n) is 3.24. The van der Waals surface area contributed by atoms with Crippen molar-refractivity contribution in [2.24, 2.45) is 0 Å². The zero-order valence-electron chi connectivity index (χ0n) is 14.1. The van der Waals surface area contributed by atoms with Crippen molar-refractivity contribution < 1.29 is 4.74 Å². The Labute approximate surface area is 129 Å². The summed E-state index contributed by atoms with van der Waals surface area (Å²) in [6.45, 7) is 13.7. The first-order valence-electron chi connectivity index (χ1n) is 7.84. The zero-order valence-corrected chi connectivity index (χ0v) is 14.1. The van der Waals surface area contributed by atoms with Gasteiger partial charge in [0.05, 0.1) is 12.7 Å². The number of piperidine rings is 1. The Morgan fingerprint density at radius 2 is 1.86 bits per heavy atom. The lowest BCUT2D eigenvalue weighted by atomic mass is 9.78. The number of ether oxygens (including phenoxy) is 1. The molecule has 1 fully saturated rings. The number of likely N-dealkylation sites (N-methyl/N-ethyl adjacent to an activating group) is 1. The Balaban J connectivity index is 2.01. The van der Waals surface area contributed by atoms with Crippen LogP contribution in [-0.2, 0) is 11.3 Å². The second kappa shape index (κ2) is 5.94. The van der Waals surface area contributed by atoms with Crippen molar-refractivity contribution in [2.75, 3.05) is 7.05 Å². The van der Waals surface area contributed by atoms with Gasteiger partial charge in [-0.1, -0.05) is 36.9 Å². The van der Waals surface area contributed by atoms with E-state index < -0.39 is 0 Å². The Kier molecular flexibility index (Phi) is 4.60. The van der Waals surface area contributed by atoms with Crippen molar-refractivity contribution in [3.63, 3.8) is 0 Å². The van der Waals surface area contributed by atoms with Crippen molar-refractivity contribution in [3.8, 4) is 0 Å². The SMILES string of the molecule is C=Cc1ccc(COC2CCC(C)(C)N(C)C2(C)C)cc1. The molecule has 1 aromatic rings. The topological polar surface area (TPSA) is 12.5 Å². The minimum Gasteiger partial charge on any atom is -0.372 e. The predicted molar refractivity (Wildman–Crippen MR) is 90.3 cm³/mol. The van der Waals surface area contributed by atoms with Crippen LogP contribution in [-0.4, -0.2) is 29.1 Å². The summed E-state index contributed by atoms with van der Waals surface area (Å²) in [7, 11) is 2.22. The molecule has 0 amide bonds. The number of nitrogens with zero attached hydrogens (tertiary/aromatic N) is 1. The Morgan fingerprint density at radius 1 is 1.24 bits per heavy atom. The lowest BCUT2D eigenvalue weighted by Gasteiger charge is -2.54. The second-order valence-electron chi connectivity index (χ2n) is 7.31. The Morgan fingerprint density at radius 3 is 2.43 bits per heavy atom. The number of hydrogen-bond donors (Lipinski definition) is 0. The maximum absolute atomic E-state index is 6.25. The van der Waals surface area contributed by atoms with Gasteiger partial charge in [-0.25, -0.2) is 0 Å². The van der Waals surface area contributed by atoms with Crippen molar-refractivity contribution in [2.45, 2.75) is 64.3 Å². The number of hydrogen-bond acceptors (Lipinski definition) is 2. The molecule has 2 nitrogen and oxygen atoms in total.